The van der Waals surface area contributed by atoms with Gasteiger partial charge >= 0.3 is 0 Å². The van der Waals surface area contributed by atoms with Gasteiger partial charge in [0.2, 0.25) is 5.91 Å². The number of aldehydes is 1. The molecule has 0 aliphatic carbocycles. The summed E-state index contributed by atoms with van der Waals surface area (Å²) in [6, 6.07) is 8.74. The van der Waals surface area contributed by atoms with Crippen LogP contribution in [0.5, 0.6) is 0 Å². The lowest BCUT2D eigenvalue weighted by atomic mass is 10.1. The summed E-state index contributed by atoms with van der Waals surface area (Å²) in [5.74, 6) is 5.31. The Hall–Kier alpha value is -2.74. The van der Waals surface area contributed by atoms with Gasteiger partial charge in [0.15, 0.2) is 0 Å². The van der Waals surface area contributed by atoms with Crippen LogP contribution in [-0.2, 0) is 9.59 Å². The largest absolute Gasteiger partial charge is 0.340 e. The maximum Gasteiger partial charge on any atom is 0.255 e. The predicted octanol–water partition coefficient (Wildman–Crippen LogP) is 1.49. The van der Waals surface area contributed by atoms with Crippen molar-refractivity contribution in [3.8, 4) is 5.69 Å². The zero-order chi connectivity index (χ0) is 19.9. The minimum Gasteiger partial charge on any atom is -0.340 e. The second kappa shape index (κ2) is 9.45. The summed E-state index contributed by atoms with van der Waals surface area (Å²) in [6.45, 7) is 1.29. The molecule has 0 radical (unpaired) electrons. The maximum atomic E-state index is 12.9. The molecule has 2 heterocycles. The predicted molar refractivity (Wildman–Crippen MR) is 111 cm³/mol. The van der Waals surface area contributed by atoms with Crippen molar-refractivity contribution in [1.82, 2.24) is 20.0 Å². The third kappa shape index (κ3) is 4.95. The third-order valence-corrected chi connectivity index (χ3v) is 6.17. The van der Waals surface area contributed by atoms with Crippen LogP contribution >= 0.6 is 10.5 Å². The van der Waals surface area contributed by atoms with Gasteiger partial charge in [-0.25, -0.2) is 4.68 Å². The van der Waals surface area contributed by atoms with E-state index in [1.165, 1.54) is 6.20 Å². The first-order chi connectivity index (χ1) is 13.6. The van der Waals surface area contributed by atoms with E-state index in [2.05, 4.69) is 16.3 Å². The molecule has 1 aliphatic heterocycles. The summed E-state index contributed by atoms with van der Waals surface area (Å²) in [7, 11) is 0.0996. The molecule has 2 aromatic rings. The van der Waals surface area contributed by atoms with Crippen LogP contribution in [0.25, 0.3) is 5.69 Å². The molecule has 8 heteroatoms. The quantitative estimate of drug-likeness (QED) is 0.564. The SMILES string of the molecule is C=S1CCN(C(=O)[C@H](CCC=O)NC(=O)c2cnn(-c3ccccc3)c2)CC1. The van der Waals surface area contributed by atoms with E-state index >= 15 is 0 Å². The molecule has 7 nitrogen and oxygen atoms in total. The number of nitrogens with one attached hydrogen (secondary N) is 1. The van der Waals surface area contributed by atoms with E-state index in [1.54, 1.807) is 15.8 Å². The lowest BCUT2D eigenvalue weighted by molar-refractivity contribution is -0.133. The van der Waals surface area contributed by atoms with E-state index in [1.807, 2.05) is 30.3 Å². The van der Waals surface area contributed by atoms with Gasteiger partial charge in [0.1, 0.15) is 12.3 Å². The van der Waals surface area contributed by atoms with Gasteiger partial charge in [-0.1, -0.05) is 24.1 Å². The number of para-hydroxylation sites is 1. The third-order valence-electron chi connectivity index (χ3n) is 4.65. The minimum absolute atomic E-state index is 0.0996. The zero-order valence-corrected chi connectivity index (χ0v) is 16.4. The molecule has 1 aliphatic rings. The molecule has 1 aromatic carbocycles. The van der Waals surface area contributed by atoms with Crippen molar-refractivity contribution in [1.29, 1.82) is 0 Å². The van der Waals surface area contributed by atoms with Crippen molar-refractivity contribution in [2.24, 2.45) is 0 Å². The first kappa shape index (κ1) is 20.0. The number of hydrogen-bond acceptors (Lipinski definition) is 4. The second-order valence-corrected chi connectivity index (χ2v) is 8.67. The van der Waals surface area contributed by atoms with Crippen LogP contribution < -0.4 is 5.32 Å². The van der Waals surface area contributed by atoms with E-state index < -0.39 is 6.04 Å². The standard InChI is InChI=1S/C20H24N4O3S/c1-28-12-9-23(10-13-28)20(27)18(8-5-11-25)22-19(26)16-14-21-24(15-16)17-6-3-2-4-7-17/h2-4,6-7,11,14-15,18H,1,5,8-10,12-13H2,(H,22,26)/t18-/m0/s1. The number of hydrogen-bond donors (Lipinski definition) is 1. The van der Waals surface area contributed by atoms with Crippen LogP contribution in [0.15, 0.2) is 42.7 Å². The molecule has 148 valence electrons. The Morgan fingerprint density at radius 2 is 1.96 bits per heavy atom. The summed E-state index contributed by atoms with van der Waals surface area (Å²) in [5, 5.41) is 7.00. The zero-order valence-electron chi connectivity index (χ0n) is 15.6. The molecular weight excluding hydrogens is 376 g/mol. The Bertz CT molecular complexity index is 855. The van der Waals surface area contributed by atoms with E-state index in [-0.39, 0.29) is 35.1 Å². The van der Waals surface area contributed by atoms with Gasteiger partial charge in [0.25, 0.3) is 5.91 Å². The van der Waals surface area contributed by atoms with Gasteiger partial charge in [-0.3, -0.25) is 9.59 Å². The van der Waals surface area contributed by atoms with Crippen molar-refractivity contribution in [3.63, 3.8) is 0 Å². The lowest BCUT2D eigenvalue weighted by Gasteiger charge is -2.31. The fourth-order valence-electron chi connectivity index (χ4n) is 3.03. The number of carbonyl (C=O) groups excluding carboxylic acids is 3. The van der Waals surface area contributed by atoms with Crippen LogP contribution in [0.4, 0.5) is 0 Å². The average molecular weight is 401 g/mol. The fourth-order valence-corrected chi connectivity index (χ4v) is 4.19. The molecule has 1 atom stereocenters. The molecule has 3 rings (SSSR count). The van der Waals surface area contributed by atoms with Crippen LogP contribution in [0.1, 0.15) is 23.2 Å². The van der Waals surface area contributed by atoms with Crippen LogP contribution in [0, 0.1) is 0 Å². The van der Waals surface area contributed by atoms with Crippen LogP contribution in [0.2, 0.25) is 0 Å². The molecular formula is C20H24N4O3S. The van der Waals surface area contributed by atoms with Gasteiger partial charge in [0, 0.05) is 37.2 Å². The normalized spacial score (nSPS) is 15.8. The smallest absolute Gasteiger partial charge is 0.255 e. The highest BCUT2D eigenvalue weighted by Gasteiger charge is 2.27. The van der Waals surface area contributed by atoms with E-state index in [0.717, 1.165) is 23.5 Å². The van der Waals surface area contributed by atoms with Crippen molar-refractivity contribution >= 4 is 34.5 Å². The summed E-state index contributed by atoms with van der Waals surface area (Å²) < 4.78 is 1.61. The Morgan fingerprint density at radius 3 is 2.64 bits per heavy atom. The first-order valence-electron chi connectivity index (χ1n) is 9.19. The van der Waals surface area contributed by atoms with Crippen molar-refractivity contribution in [2.75, 3.05) is 24.6 Å². The van der Waals surface area contributed by atoms with E-state index in [9.17, 15) is 14.4 Å². The number of nitrogens with zero attached hydrogens (tertiary/aromatic N) is 3. The molecule has 0 spiro atoms. The Morgan fingerprint density at radius 1 is 1.25 bits per heavy atom. The van der Waals surface area contributed by atoms with Crippen LogP contribution in [-0.4, -0.2) is 69.3 Å². The molecule has 1 aromatic heterocycles. The lowest BCUT2D eigenvalue weighted by Crippen LogP contribution is -2.51. The van der Waals surface area contributed by atoms with Gasteiger partial charge in [-0.05, 0) is 18.6 Å². The van der Waals surface area contributed by atoms with E-state index in [4.69, 9.17) is 0 Å². The Kier molecular flexibility index (Phi) is 6.76. The summed E-state index contributed by atoms with van der Waals surface area (Å²) in [6.07, 6.45) is 4.37. The molecule has 2 amide bonds. The monoisotopic (exact) mass is 400 g/mol. The second-order valence-electron chi connectivity index (χ2n) is 6.63. The number of aromatic nitrogens is 2. The van der Waals surface area contributed by atoms with E-state index in [0.29, 0.717) is 18.7 Å². The Labute approximate surface area is 166 Å². The maximum absolute atomic E-state index is 12.9. The molecule has 0 saturated carbocycles. The number of carbonyl (C=O) groups is 3. The summed E-state index contributed by atoms with van der Waals surface area (Å²) >= 11 is 0. The van der Waals surface area contributed by atoms with Crippen molar-refractivity contribution in [2.45, 2.75) is 18.9 Å². The van der Waals surface area contributed by atoms with Gasteiger partial charge in [-0.2, -0.15) is 15.6 Å². The highest BCUT2D eigenvalue weighted by molar-refractivity contribution is 8.14. The Balaban J connectivity index is 1.69. The molecule has 1 fully saturated rings. The van der Waals surface area contributed by atoms with Gasteiger partial charge in [0.05, 0.1) is 17.4 Å². The number of benzene rings is 1. The number of amides is 2. The average Bonchev–Trinajstić information content (AvgIpc) is 3.22. The van der Waals surface area contributed by atoms with Gasteiger partial charge < -0.3 is 15.0 Å². The van der Waals surface area contributed by atoms with Crippen molar-refractivity contribution in [3.05, 3.63) is 48.3 Å². The topological polar surface area (TPSA) is 84.3 Å². The highest BCUT2D eigenvalue weighted by Crippen LogP contribution is 2.17. The molecule has 1 saturated heterocycles. The highest BCUT2D eigenvalue weighted by atomic mass is 32.2. The first-order valence-corrected chi connectivity index (χ1v) is 10.9. The fraction of sp³-hybridized carbons (Fsp3) is 0.350. The molecule has 1 N–H and O–H groups in total. The van der Waals surface area contributed by atoms with Gasteiger partial charge in [-0.15, -0.1) is 0 Å². The minimum atomic E-state index is -0.720. The summed E-state index contributed by atoms with van der Waals surface area (Å²) in [5.41, 5.74) is 1.21. The summed E-state index contributed by atoms with van der Waals surface area (Å²) in [4.78, 5) is 38.1. The van der Waals surface area contributed by atoms with Crippen molar-refractivity contribution < 1.29 is 14.4 Å². The number of rotatable bonds is 7. The molecule has 28 heavy (non-hydrogen) atoms. The van der Waals surface area contributed by atoms with Crippen LogP contribution in [0.3, 0.4) is 0 Å². The molecule has 0 bridgehead atoms. The molecule has 0 unspecified atom stereocenters.